The van der Waals surface area contributed by atoms with Gasteiger partial charge in [0.1, 0.15) is 11.3 Å². The Morgan fingerprint density at radius 3 is 2.90 bits per heavy atom. The van der Waals surface area contributed by atoms with Crippen LogP contribution in [0.5, 0.6) is 0 Å². The molecular weight excluding hydrogens is 274 g/mol. The zero-order valence-electron chi connectivity index (χ0n) is 12.2. The fourth-order valence-corrected chi connectivity index (χ4v) is 2.34. The zero-order chi connectivity index (χ0) is 14.4. The van der Waals surface area contributed by atoms with Gasteiger partial charge in [-0.05, 0) is 31.9 Å². The number of unbranched alkanes of at least 4 members (excludes halogenated alkanes) is 1. The summed E-state index contributed by atoms with van der Waals surface area (Å²) in [5.74, 6) is 0.883. The summed E-state index contributed by atoms with van der Waals surface area (Å²) < 4.78 is 7.70. The molecule has 4 nitrogen and oxygen atoms in total. The number of imidazole rings is 1. The number of aromatic nitrogens is 3. The molecule has 5 heteroatoms. The third-order valence-electron chi connectivity index (χ3n) is 3.20. The van der Waals surface area contributed by atoms with Crippen molar-refractivity contribution in [3.63, 3.8) is 0 Å². The molecule has 0 bridgehead atoms. The maximum Gasteiger partial charge on any atom is 0.160 e. The van der Waals surface area contributed by atoms with E-state index in [0.29, 0.717) is 0 Å². The van der Waals surface area contributed by atoms with Crippen molar-refractivity contribution < 1.29 is 4.74 Å². The van der Waals surface area contributed by atoms with Crippen molar-refractivity contribution in [2.75, 3.05) is 13.2 Å². The third kappa shape index (κ3) is 3.70. The predicted octanol–water partition coefficient (Wildman–Crippen LogP) is 3.94. The molecule has 0 N–H and O–H groups in total. The Morgan fingerprint density at radius 1 is 1.35 bits per heavy atom. The lowest BCUT2D eigenvalue weighted by atomic mass is 10.3. The smallest absolute Gasteiger partial charge is 0.160 e. The van der Waals surface area contributed by atoms with Crippen LogP contribution in [0, 0.1) is 0 Å². The van der Waals surface area contributed by atoms with Crippen LogP contribution in [-0.2, 0) is 11.3 Å². The topological polar surface area (TPSA) is 39.9 Å². The second kappa shape index (κ2) is 7.60. The molecule has 2 aromatic rings. The highest BCUT2D eigenvalue weighted by atomic mass is 35.5. The van der Waals surface area contributed by atoms with Crippen molar-refractivity contribution >= 4 is 22.8 Å². The quantitative estimate of drug-likeness (QED) is 0.547. The lowest BCUT2D eigenvalue weighted by molar-refractivity contribution is 0.126. The Morgan fingerprint density at radius 2 is 2.15 bits per heavy atom. The Labute approximate surface area is 125 Å². The molecule has 0 radical (unpaired) electrons. The van der Waals surface area contributed by atoms with Gasteiger partial charge in [-0.15, -0.1) is 11.6 Å². The highest BCUT2D eigenvalue weighted by Crippen LogP contribution is 2.23. The van der Waals surface area contributed by atoms with Gasteiger partial charge in [-0.1, -0.05) is 13.3 Å². The fourth-order valence-electron chi connectivity index (χ4n) is 2.17. The van der Waals surface area contributed by atoms with Crippen LogP contribution in [0.1, 0.15) is 44.3 Å². The van der Waals surface area contributed by atoms with E-state index in [4.69, 9.17) is 16.3 Å². The first kappa shape index (κ1) is 15.3. The van der Waals surface area contributed by atoms with Crippen molar-refractivity contribution in [2.45, 2.75) is 45.0 Å². The number of nitrogens with zero attached hydrogens (tertiary/aromatic N) is 3. The van der Waals surface area contributed by atoms with E-state index in [1.165, 1.54) is 6.42 Å². The number of rotatable bonds is 8. The summed E-state index contributed by atoms with van der Waals surface area (Å²) >= 11 is 6.22. The van der Waals surface area contributed by atoms with Crippen LogP contribution < -0.4 is 0 Å². The largest absolute Gasteiger partial charge is 0.381 e. The summed E-state index contributed by atoms with van der Waals surface area (Å²) in [6, 6.07) is 3.87. The lowest BCUT2D eigenvalue weighted by Gasteiger charge is -2.10. The maximum absolute atomic E-state index is 6.22. The molecule has 0 aliphatic carbocycles. The van der Waals surface area contributed by atoms with Crippen LogP contribution in [0.25, 0.3) is 11.2 Å². The van der Waals surface area contributed by atoms with E-state index in [9.17, 15) is 0 Å². The number of fused-ring (bicyclic) bond motifs is 1. The molecule has 0 aliphatic heterocycles. The second-order valence-corrected chi connectivity index (χ2v) is 5.56. The third-order valence-corrected chi connectivity index (χ3v) is 3.40. The maximum atomic E-state index is 6.22. The van der Waals surface area contributed by atoms with Crippen molar-refractivity contribution in [1.29, 1.82) is 0 Å². The first-order chi connectivity index (χ1) is 9.74. The average Bonchev–Trinajstić information content (AvgIpc) is 2.82. The number of hydrogen-bond donors (Lipinski definition) is 0. The molecule has 0 saturated carbocycles. The minimum absolute atomic E-state index is 0.120. The zero-order valence-corrected chi connectivity index (χ0v) is 12.9. The SMILES string of the molecule is CCCCOCCCn1c(C(C)Cl)nc2cccnc21. The van der Waals surface area contributed by atoms with Gasteiger partial charge < -0.3 is 9.30 Å². The van der Waals surface area contributed by atoms with Crippen molar-refractivity contribution in [2.24, 2.45) is 0 Å². The van der Waals surface area contributed by atoms with E-state index in [-0.39, 0.29) is 5.38 Å². The van der Waals surface area contributed by atoms with E-state index in [1.54, 1.807) is 6.20 Å². The molecule has 0 amide bonds. The predicted molar refractivity (Wildman–Crippen MR) is 82.1 cm³/mol. The highest BCUT2D eigenvalue weighted by Gasteiger charge is 2.15. The Balaban J connectivity index is 2.02. The molecule has 20 heavy (non-hydrogen) atoms. The van der Waals surface area contributed by atoms with E-state index in [0.717, 1.165) is 49.6 Å². The highest BCUT2D eigenvalue weighted by molar-refractivity contribution is 6.20. The van der Waals surface area contributed by atoms with Gasteiger partial charge in [0, 0.05) is 26.0 Å². The molecule has 110 valence electrons. The number of hydrogen-bond acceptors (Lipinski definition) is 3. The number of halogens is 1. The molecular formula is C15H22ClN3O. The number of ether oxygens (including phenoxy) is 1. The number of alkyl halides is 1. The van der Waals surface area contributed by atoms with E-state index in [1.807, 2.05) is 19.1 Å². The van der Waals surface area contributed by atoms with Gasteiger partial charge in [0.15, 0.2) is 5.65 Å². The minimum Gasteiger partial charge on any atom is -0.381 e. The van der Waals surface area contributed by atoms with E-state index < -0.39 is 0 Å². The lowest BCUT2D eigenvalue weighted by Crippen LogP contribution is -2.08. The normalized spacial score (nSPS) is 12.9. The van der Waals surface area contributed by atoms with Gasteiger partial charge in [0.05, 0.1) is 5.38 Å². The van der Waals surface area contributed by atoms with Crippen molar-refractivity contribution in [3.8, 4) is 0 Å². The Kier molecular flexibility index (Phi) is 5.80. The van der Waals surface area contributed by atoms with Crippen LogP contribution in [0.3, 0.4) is 0 Å². The van der Waals surface area contributed by atoms with Gasteiger partial charge in [-0.25, -0.2) is 9.97 Å². The molecule has 0 fully saturated rings. The van der Waals surface area contributed by atoms with Crippen molar-refractivity contribution in [3.05, 3.63) is 24.2 Å². The molecule has 0 aliphatic rings. The molecule has 1 unspecified atom stereocenters. The molecule has 0 saturated heterocycles. The molecule has 0 aromatic carbocycles. The van der Waals surface area contributed by atoms with Gasteiger partial charge in [0.2, 0.25) is 0 Å². The molecule has 2 aromatic heterocycles. The molecule has 2 rings (SSSR count). The fraction of sp³-hybridized carbons (Fsp3) is 0.600. The van der Waals surface area contributed by atoms with Gasteiger partial charge in [-0.3, -0.25) is 0 Å². The van der Waals surface area contributed by atoms with Crippen molar-refractivity contribution in [1.82, 2.24) is 14.5 Å². The average molecular weight is 296 g/mol. The summed E-state index contributed by atoms with van der Waals surface area (Å²) in [6.45, 7) is 6.56. The number of pyridine rings is 1. The summed E-state index contributed by atoms with van der Waals surface area (Å²) in [5.41, 5.74) is 1.81. The first-order valence-electron chi connectivity index (χ1n) is 7.27. The summed E-state index contributed by atoms with van der Waals surface area (Å²) in [5, 5.41) is -0.120. The van der Waals surface area contributed by atoms with Crippen LogP contribution in [-0.4, -0.2) is 27.7 Å². The van der Waals surface area contributed by atoms with Crippen LogP contribution in [0.4, 0.5) is 0 Å². The summed E-state index contributed by atoms with van der Waals surface area (Å²) in [6.07, 6.45) is 5.03. The van der Waals surface area contributed by atoms with Gasteiger partial charge >= 0.3 is 0 Å². The standard InChI is InChI=1S/C15H22ClN3O/c1-3-4-10-20-11-6-9-19-14(12(2)16)18-13-7-5-8-17-15(13)19/h5,7-8,12H,3-4,6,9-11H2,1-2H3. The second-order valence-electron chi connectivity index (χ2n) is 4.90. The van der Waals surface area contributed by atoms with Crippen LogP contribution in [0.2, 0.25) is 0 Å². The Hall–Kier alpha value is -1.13. The van der Waals surface area contributed by atoms with Gasteiger partial charge in [-0.2, -0.15) is 0 Å². The monoisotopic (exact) mass is 295 g/mol. The van der Waals surface area contributed by atoms with Gasteiger partial charge in [0.25, 0.3) is 0 Å². The molecule has 2 heterocycles. The van der Waals surface area contributed by atoms with E-state index >= 15 is 0 Å². The van der Waals surface area contributed by atoms with E-state index in [2.05, 4.69) is 21.5 Å². The first-order valence-corrected chi connectivity index (χ1v) is 7.70. The Bertz CT molecular complexity index is 539. The molecule has 1 atom stereocenters. The van der Waals surface area contributed by atoms with Crippen LogP contribution in [0.15, 0.2) is 18.3 Å². The number of aryl methyl sites for hydroxylation is 1. The minimum atomic E-state index is -0.120. The van der Waals surface area contributed by atoms with Crippen LogP contribution >= 0.6 is 11.6 Å². The molecule has 0 spiro atoms. The summed E-state index contributed by atoms with van der Waals surface area (Å²) in [4.78, 5) is 8.98. The summed E-state index contributed by atoms with van der Waals surface area (Å²) in [7, 11) is 0.